The predicted molar refractivity (Wildman–Crippen MR) is 72.9 cm³/mol. The Kier molecular flexibility index (Phi) is 3.94. The maximum Gasteiger partial charge on any atom is 0.160 e. The number of benzene rings is 1. The Labute approximate surface area is 106 Å². The monoisotopic (exact) mass is 245 g/mol. The van der Waals surface area contributed by atoms with Gasteiger partial charge in [-0.15, -0.1) is 11.3 Å². The second-order valence-corrected chi connectivity index (χ2v) is 4.77. The lowest BCUT2D eigenvalue weighted by Crippen LogP contribution is -2.21. The lowest BCUT2D eigenvalue weighted by molar-refractivity contribution is 0.112. The van der Waals surface area contributed by atoms with Crippen molar-refractivity contribution in [1.29, 1.82) is 0 Å². The Balaban J connectivity index is 2.14. The molecular formula is C14H15NOS. The molecule has 0 bridgehead atoms. The van der Waals surface area contributed by atoms with Crippen LogP contribution >= 0.6 is 11.3 Å². The molecule has 0 aliphatic rings. The molecule has 0 unspecified atom stereocenters. The van der Waals surface area contributed by atoms with Gasteiger partial charge in [0.1, 0.15) is 0 Å². The van der Waals surface area contributed by atoms with Crippen molar-refractivity contribution in [3.63, 3.8) is 0 Å². The van der Waals surface area contributed by atoms with Crippen LogP contribution in [0, 0.1) is 0 Å². The van der Waals surface area contributed by atoms with Gasteiger partial charge >= 0.3 is 0 Å². The molecule has 2 aromatic rings. The minimum atomic E-state index is 0.784. The van der Waals surface area contributed by atoms with Gasteiger partial charge in [-0.25, -0.2) is 0 Å². The highest BCUT2D eigenvalue weighted by Crippen LogP contribution is 2.23. The smallest absolute Gasteiger partial charge is 0.160 e. The van der Waals surface area contributed by atoms with Crippen LogP contribution in [0.1, 0.15) is 22.2 Å². The van der Waals surface area contributed by atoms with Crippen LogP contribution in [0.4, 0.5) is 5.69 Å². The molecule has 17 heavy (non-hydrogen) atoms. The fraction of sp³-hybridized carbons (Fsp3) is 0.214. The van der Waals surface area contributed by atoms with E-state index in [-0.39, 0.29) is 0 Å². The van der Waals surface area contributed by atoms with E-state index in [1.807, 2.05) is 29.6 Å². The van der Waals surface area contributed by atoms with Gasteiger partial charge in [-0.05, 0) is 18.6 Å². The maximum absolute atomic E-state index is 10.7. The summed E-state index contributed by atoms with van der Waals surface area (Å²) in [5, 5.41) is 2.04. The van der Waals surface area contributed by atoms with Crippen LogP contribution in [0.5, 0.6) is 0 Å². The first-order valence-electron chi connectivity index (χ1n) is 5.66. The summed E-state index contributed by atoms with van der Waals surface area (Å²) < 4.78 is 0. The minimum absolute atomic E-state index is 0.784. The van der Waals surface area contributed by atoms with E-state index in [0.29, 0.717) is 0 Å². The molecule has 2 nitrogen and oxygen atoms in total. The van der Waals surface area contributed by atoms with Crippen LogP contribution in [-0.4, -0.2) is 12.8 Å². The molecular weight excluding hydrogens is 230 g/mol. The van der Waals surface area contributed by atoms with E-state index in [1.54, 1.807) is 0 Å². The van der Waals surface area contributed by atoms with Crippen LogP contribution in [0.3, 0.4) is 0 Å². The van der Waals surface area contributed by atoms with Crippen LogP contribution in [0.25, 0.3) is 0 Å². The predicted octanol–water partition coefficient (Wildman–Crippen LogP) is 3.59. The van der Waals surface area contributed by atoms with Crippen LogP contribution < -0.4 is 4.90 Å². The van der Waals surface area contributed by atoms with Crippen LogP contribution in [0.2, 0.25) is 0 Å². The molecule has 0 fully saturated rings. The van der Waals surface area contributed by atoms with Crippen molar-refractivity contribution in [3.05, 3.63) is 52.2 Å². The molecule has 88 valence electrons. The van der Waals surface area contributed by atoms with E-state index < -0.39 is 0 Å². The summed E-state index contributed by atoms with van der Waals surface area (Å²) in [5.41, 5.74) is 2.41. The zero-order valence-corrected chi connectivity index (χ0v) is 10.6. The van der Waals surface area contributed by atoms with Crippen LogP contribution in [0.15, 0.2) is 41.8 Å². The van der Waals surface area contributed by atoms with Crippen molar-refractivity contribution in [2.45, 2.75) is 13.5 Å². The average molecular weight is 245 g/mol. The molecule has 0 saturated heterocycles. The highest BCUT2D eigenvalue weighted by Gasteiger charge is 2.07. The van der Waals surface area contributed by atoms with Gasteiger partial charge in [-0.1, -0.05) is 30.3 Å². The first-order chi connectivity index (χ1) is 8.33. The zero-order valence-electron chi connectivity index (χ0n) is 9.80. The van der Waals surface area contributed by atoms with Gasteiger partial charge in [-0.3, -0.25) is 4.79 Å². The molecule has 0 aliphatic carbocycles. The second kappa shape index (κ2) is 5.64. The maximum atomic E-state index is 10.7. The lowest BCUT2D eigenvalue weighted by atomic mass is 10.2. The summed E-state index contributed by atoms with van der Waals surface area (Å²) >= 11 is 1.49. The largest absolute Gasteiger partial charge is 0.367 e. The minimum Gasteiger partial charge on any atom is -0.367 e. The summed E-state index contributed by atoms with van der Waals surface area (Å²) in [5.74, 6) is 0. The third-order valence-electron chi connectivity index (χ3n) is 2.69. The molecule has 1 heterocycles. The molecule has 0 amide bonds. The zero-order chi connectivity index (χ0) is 12.1. The van der Waals surface area contributed by atoms with E-state index in [4.69, 9.17) is 0 Å². The molecule has 3 heteroatoms. The van der Waals surface area contributed by atoms with Crippen molar-refractivity contribution in [1.82, 2.24) is 0 Å². The summed E-state index contributed by atoms with van der Waals surface area (Å²) in [6, 6.07) is 12.3. The molecule has 1 aromatic carbocycles. The number of hydrogen-bond donors (Lipinski definition) is 0. The Morgan fingerprint density at radius 2 is 2.06 bits per heavy atom. The Hall–Kier alpha value is -1.61. The van der Waals surface area contributed by atoms with Crippen LogP contribution in [-0.2, 0) is 6.54 Å². The number of nitrogens with zero attached hydrogens (tertiary/aromatic N) is 1. The Morgan fingerprint density at radius 1 is 1.29 bits per heavy atom. The van der Waals surface area contributed by atoms with E-state index in [1.165, 1.54) is 16.9 Å². The lowest BCUT2D eigenvalue weighted by Gasteiger charge is -2.21. The van der Waals surface area contributed by atoms with Gasteiger partial charge in [0.15, 0.2) is 6.29 Å². The molecule has 0 radical (unpaired) electrons. The third-order valence-corrected chi connectivity index (χ3v) is 3.53. The van der Waals surface area contributed by atoms with Crippen molar-refractivity contribution >= 4 is 23.3 Å². The summed E-state index contributed by atoms with van der Waals surface area (Å²) in [6.45, 7) is 3.94. The Bertz CT molecular complexity index is 478. The van der Waals surface area contributed by atoms with Gasteiger partial charge in [-0.2, -0.15) is 0 Å². The second-order valence-electron chi connectivity index (χ2n) is 3.82. The number of hydrogen-bond acceptors (Lipinski definition) is 3. The molecule has 0 N–H and O–H groups in total. The van der Waals surface area contributed by atoms with E-state index >= 15 is 0 Å². The third kappa shape index (κ3) is 2.94. The number of rotatable bonds is 5. The Morgan fingerprint density at radius 3 is 2.65 bits per heavy atom. The SMILES string of the molecule is CCN(Cc1ccccc1)c1csc(C=O)c1. The van der Waals surface area contributed by atoms with Gasteiger partial charge in [0.05, 0.1) is 4.88 Å². The highest BCUT2D eigenvalue weighted by molar-refractivity contribution is 7.12. The quantitative estimate of drug-likeness (QED) is 0.750. The van der Waals surface area contributed by atoms with E-state index in [0.717, 1.165) is 29.9 Å². The highest BCUT2D eigenvalue weighted by atomic mass is 32.1. The summed E-state index contributed by atoms with van der Waals surface area (Å²) in [6.07, 6.45) is 0.907. The summed E-state index contributed by atoms with van der Waals surface area (Å²) in [4.78, 5) is 13.7. The molecule has 2 rings (SSSR count). The van der Waals surface area contributed by atoms with Crippen molar-refractivity contribution in [2.24, 2.45) is 0 Å². The number of carbonyl (C=O) groups excluding carboxylic acids is 1. The first kappa shape index (κ1) is 11.9. The summed E-state index contributed by atoms with van der Waals surface area (Å²) in [7, 11) is 0. The van der Waals surface area contributed by atoms with Gasteiger partial charge in [0.25, 0.3) is 0 Å². The number of carbonyl (C=O) groups is 1. The fourth-order valence-corrected chi connectivity index (χ4v) is 2.48. The normalized spacial score (nSPS) is 10.2. The van der Waals surface area contributed by atoms with Gasteiger partial charge < -0.3 is 4.90 Å². The number of thiophene rings is 1. The van der Waals surface area contributed by atoms with E-state index in [2.05, 4.69) is 24.0 Å². The van der Waals surface area contributed by atoms with Crippen molar-refractivity contribution < 1.29 is 4.79 Å². The topological polar surface area (TPSA) is 20.3 Å². The molecule has 0 spiro atoms. The van der Waals surface area contributed by atoms with Gasteiger partial charge in [0, 0.05) is 24.2 Å². The van der Waals surface area contributed by atoms with Gasteiger partial charge in [0.2, 0.25) is 0 Å². The first-order valence-corrected chi connectivity index (χ1v) is 6.54. The number of aldehydes is 1. The van der Waals surface area contributed by atoms with Crippen molar-refractivity contribution in [3.8, 4) is 0 Å². The molecule has 1 aromatic heterocycles. The molecule has 0 aliphatic heterocycles. The molecule has 0 saturated carbocycles. The average Bonchev–Trinajstić information content (AvgIpc) is 2.86. The molecule has 0 atom stereocenters. The van der Waals surface area contributed by atoms with Crippen molar-refractivity contribution in [2.75, 3.05) is 11.4 Å². The van der Waals surface area contributed by atoms with E-state index in [9.17, 15) is 4.79 Å². The fourth-order valence-electron chi connectivity index (χ4n) is 1.76. The number of anilines is 1. The standard InChI is InChI=1S/C14H15NOS/c1-2-15(9-12-6-4-3-5-7-12)13-8-14(10-16)17-11-13/h3-8,10-11H,2,9H2,1H3.